The second-order valence-electron chi connectivity index (χ2n) is 5.79. The van der Waals surface area contributed by atoms with E-state index in [4.69, 9.17) is 14.7 Å². The highest BCUT2D eigenvalue weighted by atomic mass is 32.2. The molecule has 0 unspecified atom stereocenters. The van der Waals surface area contributed by atoms with Crippen molar-refractivity contribution in [3.05, 3.63) is 53.6 Å². The molecule has 0 radical (unpaired) electrons. The molecule has 0 aliphatic heterocycles. The molecule has 0 saturated heterocycles. The number of carbonyl (C=O) groups excluding carboxylic acids is 1. The average molecular weight is 352 g/mol. The van der Waals surface area contributed by atoms with Gasteiger partial charge in [-0.15, -0.1) is 0 Å². The van der Waals surface area contributed by atoms with Gasteiger partial charge in [0, 0.05) is 10.9 Å². The van der Waals surface area contributed by atoms with Gasteiger partial charge >= 0.3 is 5.97 Å². The number of hydrogen-bond donors (Lipinski definition) is 0. The highest BCUT2D eigenvalue weighted by Crippen LogP contribution is 2.29. The molecule has 0 bridgehead atoms. The molecule has 0 N–H and O–H groups in total. The summed E-state index contributed by atoms with van der Waals surface area (Å²) in [5, 5.41) is 1.78. The minimum atomic E-state index is -0.263. The predicted octanol–water partition coefficient (Wildman–Crippen LogP) is 4.43. The molecule has 3 rings (SSSR count). The molecule has 0 aliphatic carbocycles. The van der Waals surface area contributed by atoms with Crippen LogP contribution in [0.3, 0.4) is 0 Å². The van der Waals surface area contributed by atoms with E-state index >= 15 is 0 Å². The van der Waals surface area contributed by atoms with Crippen molar-refractivity contribution in [3.8, 4) is 11.4 Å². The molecule has 128 valence electrons. The fourth-order valence-corrected chi connectivity index (χ4v) is 3.42. The van der Waals surface area contributed by atoms with Crippen molar-refractivity contribution in [2.45, 2.75) is 25.3 Å². The van der Waals surface area contributed by atoms with E-state index in [0.29, 0.717) is 5.82 Å². The first-order chi connectivity index (χ1) is 12.1. The molecule has 0 fully saturated rings. The fraction of sp³-hybridized carbons (Fsp3) is 0.250. The van der Waals surface area contributed by atoms with E-state index in [2.05, 4.69) is 25.1 Å². The number of methoxy groups -OCH3 is 1. The predicted molar refractivity (Wildman–Crippen MR) is 102 cm³/mol. The van der Waals surface area contributed by atoms with E-state index in [-0.39, 0.29) is 11.7 Å². The van der Waals surface area contributed by atoms with Crippen molar-refractivity contribution in [1.82, 2.24) is 9.97 Å². The number of ether oxygens (including phenoxy) is 1. The zero-order valence-corrected chi connectivity index (χ0v) is 15.4. The number of esters is 1. The Morgan fingerprint density at radius 2 is 2.00 bits per heavy atom. The van der Waals surface area contributed by atoms with Gasteiger partial charge in [-0.3, -0.25) is 4.79 Å². The number of rotatable bonds is 5. The molecule has 1 heterocycles. The van der Waals surface area contributed by atoms with E-state index in [0.717, 1.165) is 33.5 Å². The molecule has 0 amide bonds. The van der Waals surface area contributed by atoms with Crippen LogP contribution in [0.4, 0.5) is 0 Å². The smallest absolute Gasteiger partial charge is 0.316 e. The molecule has 0 atom stereocenters. The SMILES string of the molecule is CCc1ccc2nc(-c3cccc(C)c3)nc(SCC(=O)OC)c2c1. The molecule has 1 aromatic heterocycles. The van der Waals surface area contributed by atoms with Crippen molar-refractivity contribution in [1.29, 1.82) is 0 Å². The molecule has 0 spiro atoms. The lowest BCUT2D eigenvalue weighted by Gasteiger charge is -2.10. The van der Waals surface area contributed by atoms with Crippen LogP contribution in [0, 0.1) is 6.92 Å². The van der Waals surface area contributed by atoms with Crippen molar-refractivity contribution in [3.63, 3.8) is 0 Å². The van der Waals surface area contributed by atoms with E-state index in [1.807, 2.05) is 31.2 Å². The van der Waals surface area contributed by atoms with E-state index in [9.17, 15) is 4.79 Å². The molecule has 0 saturated carbocycles. The topological polar surface area (TPSA) is 52.1 Å². The summed E-state index contributed by atoms with van der Waals surface area (Å²) >= 11 is 1.39. The minimum absolute atomic E-state index is 0.228. The molecule has 2 aromatic carbocycles. The Labute approximate surface area is 151 Å². The number of aryl methyl sites for hydroxylation is 2. The second kappa shape index (κ2) is 7.66. The van der Waals surface area contributed by atoms with Crippen molar-refractivity contribution < 1.29 is 9.53 Å². The van der Waals surface area contributed by atoms with Gasteiger partial charge in [-0.05, 0) is 37.1 Å². The van der Waals surface area contributed by atoms with Crippen molar-refractivity contribution in [2.24, 2.45) is 0 Å². The number of nitrogens with zero attached hydrogens (tertiary/aromatic N) is 2. The van der Waals surface area contributed by atoms with Crippen molar-refractivity contribution in [2.75, 3.05) is 12.9 Å². The molecular formula is C20H20N2O2S. The quantitative estimate of drug-likeness (QED) is 0.386. The molecular weight excluding hydrogens is 332 g/mol. The van der Waals surface area contributed by atoms with Crippen LogP contribution < -0.4 is 0 Å². The highest BCUT2D eigenvalue weighted by Gasteiger charge is 2.13. The Morgan fingerprint density at radius 1 is 1.16 bits per heavy atom. The zero-order chi connectivity index (χ0) is 17.8. The van der Waals surface area contributed by atoms with Gasteiger partial charge in [0.1, 0.15) is 5.03 Å². The second-order valence-corrected chi connectivity index (χ2v) is 6.76. The lowest BCUT2D eigenvalue weighted by molar-refractivity contribution is -0.137. The standard InChI is InChI=1S/C20H20N2O2S/c1-4-14-8-9-17-16(11-14)20(25-12-18(23)24-3)22-19(21-17)15-7-5-6-13(2)10-15/h5-11H,4,12H2,1-3H3. The first-order valence-corrected chi connectivity index (χ1v) is 9.16. The highest BCUT2D eigenvalue weighted by molar-refractivity contribution is 8.00. The third-order valence-corrected chi connectivity index (χ3v) is 4.93. The fourth-order valence-electron chi connectivity index (χ4n) is 2.58. The number of aromatic nitrogens is 2. The van der Waals surface area contributed by atoms with Crippen LogP contribution in [0.15, 0.2) is 47.5 Å². The Kier molecular flexibility index (Phi) is 5.34. The number of fused-ring (bicyclic) bond motifs is 1. The lowest BCUT2D eigenvalue weighted by Crippen LogP contribution is -2.04. The van der Waals surface area contributed by atoms with E-state index in [1.165, 1.54) is 24.4 Å². The number of thioether (sulfide) groups is 1. The summed E-state index contributed by atoms with van der Waals surface area (Å²) in [5.74, 6) is 0.639. The van der Waals surface area contributed by atoms with Gasteiger partial charge in [-0.1, -0.05) is 48.5 Å². The Balaban J connectivity index is 2.12. The lowest BCUT2D eigenvalue weighted by atomic mass is 10.1. The van der Waals surface area contributed by atoms with Gasteiger partial charge in [0.2, 0.25) is 0 Å². The van der Waals surface area contributed by atoms with Gasteiger partial charge in [-0.2, -0.15) is 0 Å². The van der Waals surface area contributed by atoms with Gasteiger partial charge in [0.15, 0.2) is 5.82 Å². The van der Waals surface area contributed by atoms with Crippen LogP contribution in [0.25, 0.3) is 22.3 Å². The molecule has 5 heteroatoms. The maximum Gasteiger partial charge on any atom is 0.316 e. The Bertz CT molecular complexity index is 925. The molecule has 3 aromatic rings. The molecule has 25 heavy (non-hydrogen) atoms. The van der Waals surface area contributed by atoms with Crippen LogP contribution in [0.5, 0.6) is 0 Å². The van der Waals surface area contributed by atoms with Crippen LogP contribution in [0.2, 0.25) is 0 Å². The summed E-state index contributed by atoms with van der Waals surface area (Å²) in [6.45, 7) is 4.16. The van der Waals surface area contributed by atoms with Gasteiger partial charge < -0.3 is 4.74 Å². The maximum atomic E-state index is 11.6. The van der Waals surface area contributed by atoms with Gasteiger partial charge in [0.25, 0.3) is 0 Å². The van der Waals surface area contributed by atoms with E-state index < -0.39 is 0 Å². The van der Waals surface area contributed by atoms with Crippen LogP contribution in [-0.2, 0) is 16.0 Å². The van der Waals surface area contributed by atoms with Crippen LogP contribution >= 0.6 is 11.8 Å². The van der Waals surface area contributed by atoms with Gasteiger partial charge in [-0.25, -0.2) is 9.97 Å². The van der Waals surface area contributed by atoms with Gasteiger partial charge in [0.05, 0.1) is 18.4 Å². The molecule has 0 aliphatic rings. The first kappa shape index (κ1) is 17.4. The third kappa shape index (κ3) is 3.99. The number of carbonyl (C=O) groups is 1. The van der Waals surface area contributed by atoms with Crippen LogP contribution in [-0.4, -0.2) is 28.8 Å². The first-order valence-electron chi connectivity index (χ1n) is 8.18. The largest absolute Gasteiger partial charge is 0.468 e. The van der Waals surface area contributed by atoms with E-state index in [1.54, 1.807) is 0 Å². The summed E-state index contributed by atoms with van der Waals surface area (Å²) in [6, 6.07) is 14.3. The molecule has 4 nitrogen and oxygen atoms in total. The summed E-state index contributed by atoms with van der Waals surface area (Å²) in [4.78, 5) is 21.0. The van der Waals surface area contributed by atoms with Crippen molar-refractivity contribution >= 4 is 28.6 Å². The Morgan fingerprint density at radius 3 is 2.72 bits per heavy atom. The zero-order valence-electron chi connectivity index (χ0n) is 14.6. The maximum absolute atomic E-state index is 11.6. The van der Waals surface area contributed by atoms with Crippen LogP contribution in [0.1, 0.15) is 18.1 Å². The Hall–Kier alpha value is -2.40. The summed E-state index contributed by atoms with van der Waals surface area (Å²) in [7, 11) is 1.40. The normalized spacial score (nSPS) is 10.8. The summed E-state index contributed by atoms with van der Waals surface area (Å²) < 4.78 is 4.76. The summed E-state index contributed by atoms with van der Waals surface area (Å²) in [5.41, 5.74) is 4.24. The minimum Gasteiger partial charge on any atom is -0.468 e. The third-order valence-electron chi connectivity index (χ3n) is 3.96. The monoisotopic (exact) mass is 352 g/mol. The number of hydrogen-bond acceptors (Lipinski definition) is 5. The summed E-state index contributed by atoms with van der Waals surface area (Å²) in [6.07, 6.45) is 0.941. The number of benzene rings is 2. The average Bonchev–Trinajstić information content (AvgIpc) is 2.65.